The van der Waals surface area contributed by atoms with Crippen molar-refractivity contribution in [2.24, 2.45) is 5.73 Å². The number of rotatable bonds is 3. The first-order valence-corrected chi connectivity index (χ1v) is 6.09. The molecular weight excluding hydrogens is 241 g/mol. The van der Waals surface area contributed by atoms with Crippen LogP contribution in [0.25, 0.3) is 0 Å². The standard InChI is InChI=1S/C9H11Cl2NOS/c1-6(5-12)14(13)9-4-7(10)2-3-8(9)11/h2-4,6H,5,12H2,1H3. The van der Waals surface area contributed by atoms with E-state index in [1.165, 1.54) is 0 Å². The van der Waals surface area contributed by atoms with E-state index in [9.17, 15) is 4.21 Å². The SMILES string of the molecule is CC(CN)S(=O)c1cc(Cl)ccc1Cl. The first-order chi connectivity index (χ1) is 6.56. The zero-order valence-electron chi connectivity index (χ0n) is 7.67. The van der Waals surface area contributed by atoms with E-state index >= 15 is 0 Å². The summed E-state index contributed by atoms with van der Waals surface area (Å²) in [6.07, 6.45) is 0. The molecular formula is C9H11Cl2NOS. The Hall–Kier alpha value is -0.0900. The summed E-state index contributed by atoms with van der Waals surface area (Å²) in [7, 11) is -1.19. The largest absolute Gasteiger partial charge is 0.329 e. The van der Waals surface area contributed by atoms with Gasteiger partial charge in [0.05, 0.1) is 20.7 Å². The highest BCUT2D eigenvalue weighted by Gasteiger charge is 2.15. The molecule has 2 nitrogen and oxygen atoms in total. The summed E-state index contributed by atoms with van der Waals surface area (Å²) in [5, 5.41) is 0.876. The molecule has 0 saturated heterocycles. The van der Waals surface area contributed by atoms with Gasteiger partial charge in [0.15, 0.2) is 0 Å². The van der Waals surface area contributed by atoms with E-state index in [0.29, 0.717) is 21.5 Å². The van der Waals surface area contributed by atoms with Crippen LogP contribution in [0, 0.1) is 0 Å². The van der Waals surface area contributed by atoms with Gasteiger partial charge in [-0.2, -0.15) is 0 Å². The molecule has 1 aromatic carbocycles. The summed E-state index contributed by atoms with van der Waals surface area (Å²) in [6, 6.07) is 4.92. The Balaban J connectivity index is 3.06. The van der Waals surface area contributed by atoms with Crippen LogP contribution in [0.15, 0.2) is 23.1 Å². The molecule has 14 heavy (non-hydrogen) atoms. The molecule has 2 unspecified atom stereocenters. The predicted octanol–water partition coefficient (Wildman–Crippen LogP) is 2.45. The molecule has 0 fully saturated rings. The summed E-state index contributed by atoms with van der Waals surface area (Å²) in [4.78, 5) is 0.553. The van der Waals surface area contributed by atoms with Crippen molar-refractivity contribution < 1.29 is 4.21 Å². The highest BCUT2D eigenvalue weighted by molar-refractivity contribution is 7.85. The van der Waals surface area contributed by atoms with Gasteiger partial charge >= 0.3 is 0 Å². The number of hydrogen-bond acceptors (Lipinski definition) is 2. The third kappa shape index (κ3) is 2.70. The van der Waals surface area contributed by atoms with Gasteiger partial charge in [-0.05, 0) is 25.1 Å². The minimum atomic E-state index is -1.19. The maximum Gasteiger partial charge on any atom is 0.0592 e. The molecule has 0 amide bonds. The van der Waals surface area contributed by atoms with Gasteiger partial charge in [-0.25, -0.2) is 0 Å². The Labute approximate surface area is 95.8 Å². The minimum absolute atomic E-state index is 0.119. The summed E-state index contributed by atoms with van der Waals surface area (Å²) in [5.41, 5.74) is 5.43. The van der Waals surface area contributed by atoms with E-state index < -0.39 is 10.8 Å². The van der Waals surface area contributed by atoms with Crippen LogP contribution in [0.2, 0.25) is 10.0 Å². The van der Waals surface area contributed by atoms with Crippen molar-refractivity contribution in [3.8, 4) is 0 Å². The molecule has 2 atom stereocenters. The zero-order valence-corrected chi connectivity index (χ0v) is 9.99. The monoisotopic (exact) mass is 251 g/mol. The first kappa shape index (κ1) is 12.0. The van der Waals surface area contributed by atoms with Crippen LogP contribution in [-0.2, 0) is 10.8 Å². The van der Waals surface area contributed by atoms with E-state index in [-0.39, 0.29) is 5.25 Å². The maximum atomic E-state index is 11.8. The Morgan fingerprint density at radius 3 is 2.71 bits per heavy atom. The second-order valence-corrected chi connectivity index (χ2v) is 5.60. The quantitative estimate of drug-likeness (QED) is 0.897. The Morgan fingerprint density at radius 1 is 1.50 bits per heavy atom. The van der Waals surface area contributed by atoms with Gasteiger partial charge in [-0.1, -0.05) is 23.2 Å². The smallest absolute Gasteiger partial charge is 0.0592 e. The average molecular weight is 252 g/mol. The van der Waals surface area contributed by atoms with Crippen LogP contribution in [0.1, 0.15) is 6.92 Å². The summed E-state index contributed by atoms with van der Waals surface area (Å²) < 4.78 is 11.8. The molecule has 1 rings (SSSR count). The normalized spacial score (nSPS) is 15.1. The molecule has 0 spiro atoms. The summed E-state index contributed by atoms with van der Waals surface area (Å²) in [6.45, 7) is 2.17. The van der Waals surface area contributed by atoms with Crippen LogP contribution < -0.4 is 5.73 Å². The van der Waals surface area contributed by atoms with Gasteiger partial charge in [-0.3, -0.25) is 4.21 Å². The van der Waals surface area contributed by atoms with Crippen molar-refractivity contribution in [1.82, 2.24) is 0 Å². The Kier molecular flexibility index (Phi) is 4.38. The second-order valence-electron chi connectivity index (χ2n) is 2.92. The first-order valence-electron chi connectivity index (χ1n) is 4.12. The third-order valence-electron chi connectivity index (χ3n) is 1.81. The molecule has 1 aromatic rings. The van der Waals surface area contributed by atoms with E-state index in [0.717, 1.165) is 0 Å². The van der Waals surface area contributed by atoms with Gasteiger partial charge in [0.2, 0.25) is 0 Å². The number of halogens is 2. The van der Waals surface area contributed by atoms with Crippen LogP contribution >= 0.6 is 23.2 Å². The third-order valence-corrected chi connectivity index (χ3v) is 4.18. The molecule has 0 aliphatic heterocycles. The van der Waals surface area contributed by atoms with Crippen molar-refractivity contribution in [2.45, 2.75) is 17.1 Å². The molecule has 0 aliphatic carbocycles. The van der Waals surface area contributed by atoms with E-state index in [1.54, 1.807) is 18.2 Å². The van der Waals surface area contributed by atoms with Gasteiger partial charge < -0.3 is 5.73 Å². The topological polar surface area (TPSA) is 43.1 Å². The van der Waals surface area contributed by atoms with Crippen LogP contribution in [0.3, 0.4) is 0 Å². The molecule has 0 aromatic heterocycles. The van der Waals surface area contributed by atoms with Crippen molar-refractivity contribution in [2.75, 3.05) is 6.54 Å². The Morgan fingerprint density at radius 2 is 2.14 bits per heavy atom. The predicted molar refractivity (Wildman–Crippen MR) is 61.4 cm³/mol. The fraction of sp³-hybridized carbons (Fsp3) is 0.333. The Bertz CT molecular complexity index is 357. The average Bonchev–Trinajstić information content (AvgIpc) is 2.19. The number of benzene rings is 1. The van der Waals surface area contributed by atoms with E-state index in [1.807, 2.05) is 6.92 Å². The molecule has 0 bridgehead atoms. The molecule has 0 heterocycles. The van der Waals surface area contributed by atoms with Crippen LogP contribution in [-0.4, -0.2) is 16.0 Å². The lowest BCUT2D eigenvalue weighted by Gasteiger charge is -2.10. The molecule has 0 saturated carbocycles. The van der Waals surface area contributed by atoms with E-state index in [2.05, 4.69) is 0 Å². The lowest BCUT2D eigenvalue weighted by Crippen LogP contribution is -2.22. The summed E-state index contributed by atoms with van der Waals surface area (Å²) in [5.74, 6) is 0. The fourth-order valence-electron chi connectivity index (χ4n) is 0.936. The van der Waals surface area contributed by atoms with Gasteiger partial charge in [0, 0.05) is 16.8 Å². The molecule has 78 valence electrons. The summed E-state index contributed by atoms with van der Waals surface area (Å²) >= 11 is 11.7. The molecule has 5 heteroatoms. The second kappa shape index (κ2) is 5.12. The van der Waals surface area contributed by atoms with E-state index in [4.69, 9.17) is 28.9 Å². The zero-order chi connectivity index (χ0) is 10.7. The lowest BCUT2D eigenvalue weighted by molar-refractivity contribution is 0.673. The molecule has 0 aliphatic rings. The molecule has 2 N–H and O–H groups in total. The molecule has 0 radical (unpaired) electrons. The highest BCUT2D eigenvalue weighted by Crippen LogP contribution is 2.25. The number of nitrogens with two attached hydrogens (primary N) is 1. The fourth-order valence-corrected chi connectivity index (χ4v) is 2.63. The van der Waals surface area contributed by atoms with Gasteiger partial charge in [0.1, 0.15) is 0 Å². The van der Waals surface area contributed by atoms with Crippen LogP contribution in [0.4, 0.5) is 0 Å². The van der Waals surface area contributed by atoms with Crippen molar-refractivity contribution >= 4 is 34.0 Å². The van der Waals surface area contributed by atoms with Crippen LogP contribution in [0.5, 0.6) is 0 Å². The van der Waals surface area contributed by atoms with Crippen molar-refractivity contribution in [1.29, 1.82) is 0 Å². The highest BCUT2D eigenvalue weighted by atomic mass is 35.5. The maximum absolute atomic E-state index is 11.8. The van der Waals surface area contributed by atoms with Gasteiger partial charge in [0.25, 0.3) is 0 Å². The number of hydrogen-bond donors (Lipinski definition) is 1. The minimum Gasteiger partial charge on any atom is -0.329 e. The van der Waals surface area contributed by atoms with Gasteiger partial charge in [-0.15, -0.1) is 0 Å². The lowest BCUT2D eigenvalue weighted by atomic mass is 10.4. The van der Waals surface area contributed by atoms with Crippen molar-refractivity contribution in [3.63, 3.8) is 0 Å². The van der Waals surface area contributed by atoms with Crippen molar-refractivity contribution in [3.05, 3.63) is 28.2 Å².